The molecule has 2 fully saturated rings. The second-order valence-corrected chi connectivity index (χ2v) is 9.56. The van der Waals surface area contributed by atoms with Crippen molar-refractivity contribution in [1.29, 1.82) is 0 Å². The number of carbonyl (C=O) groups is 1. The Morgan fingerprint density at radius 3 is 2.62 bits per heavy atom. The highest BCUT2D eigenvalue weighted by atomic mass is 16.1. The first kappa shape index (κ1) is 21.4. The van der Waals surface area contributed by atoms with E-state index in [1.54, 1.807) is 6.33 Å². The van der Waals surface area contributed by atoms with Crippen LogP contribution in [-0.4, -0.2) is 63.0 Å². The lowest BCUT2D eigenvalue weighted by molar-refractivity contribution is -0.116. The Labute approximate surface area is 190 Å². The summed E-state index contributed by atoms with van der Waals surface area (Å²) < 4.78 is 2.43. The number of carbonyl (C=O) groups excluding carboxylic acids is 1. The lowest BCUT2D eigenvalue weighted by Crippen LogP contribution is -2.36. The van der Waals surface area contributed by atoms with Crippen LogP contribution in [0.4, 0.5) is 11.6 Å². The molecule has 0 aliphatic carbocycles. The Morgan fingerprint density at radius 2 is 1.88 bits per heavy atom. The molecule has 2 saturated heterocycles. The number of anilines is 2. The van der Waals surface area contributed by atoms with Crippen LogP contribution < -0.4 is 10.2 Å². The number of aromatic nitrogens is 4. The molecule has 1 N–H and O–H groups in total. The van der Waals surface area contributed by atoms with Crippen LogP contribution in [0.3, 0.4) is 0 Å². The number of aryl methyl sites for hydroxylation is 1. The van der Waals surface area contributed by atoms with E-state index in [9.17, 15) is 4.79 Å². The van der Waals surface area contributed by atoms with E-state index >= 15 is 0 Å². The van der Waals surface area contributed by atoms with Crippen LogP contribution in [0.2, 0.25) is 0 Å². The zero-order chi connectivity index (χ0) is 22.1. The van der Waals surface area contributed by atoms with Crippen molar-refractivity contribution in [3.05, 3.63) is 29.6 Å². The molecule has 3 aliphatic rings. The van der Waals surface area contributed by atoms with Crippen LogP contribution in [0.5, 0.6) is 0 Å². The molecule has 5 rings (SSSR count). The molecule has 0 aromatic carbocycles. The van der Waals surface area contributed by atoms with Crippen molar-refractivity contribution in [3.63, 3.8) is 0 Å². The van der Waals surface area contributed by atoms with Crippen molar-refractivity contribution >= 4 is 17.5 Å². The minimum absolute atomic E-state index is 0.0425. The standard InChI is InChI=1S/C24H35N7O/c1-3-19-15-31(13-12-29-8-4-5-9-29)23(27-19)18-6-10-30(11-7-18)24-21-17(2)14-20(32)28-22(21)25-16-26-24/h15-18H,3-14H2,1-2H3,(H,25,26,28,32). The summed E-state index contributed by atoms with van der Waals surface area (Å²) in [6, 6.07) is 0. The van der Waals surface area contributed by atoms with E-state index in [1.165, 1.54) is 37.4 Å². The van der Waals surface area contributed by atoms with E-state index < -0.39 is 0 Å². The third kappa shape index (κ3) is 4.25. The molecule has 0 spiro atoms. The van der Waals surface area contributed by atoms with Gasteiger partial charge in [0, 0.05) is 50.3 Å². The topological polar surface area (TPSA) is 79.2 Å². The van der Waals surface area contributed by atoms with E-state index in [0.29, 0.717) is 18.2 Å². The molecule has 0 radical (unpaired) electrons. The van der Waals surface area contributed by atoms with Crippen molar-refractivity contribution in [2.24, 2.45) is 0 Å². The number of hydrogen-bond acceptors (Lipinski definition) is 6. The largest absolute Gasteiger partial charge is 0.356 e. The number of amides is 1. The van der Waals surface area contributed by atoms with Crippen LogP contribution in [0.15, 0.2) is 12.5 Å². The van der Waals surface area contributed by atoms with Crippen molar-refractivity contribution in [3.8, 4) is 0 Å². The number of piperidine rings is 1. The Bertz CT molecular complexity index is 957. The van der Waals surface area contributed by atoms with Crippen LogP contribution in [0, 0.1) is 0 Å². The summed E-state index contributed by atoms with van der Waals surface area (Å²) in [7, 11) is 0. The molecular formula is C24H35N7O. The first-order valence-corrected chi connectivity index (χ1v) is 12.3. The molecule has 1 atom stereocenters. The van der Waals surface area contributed by atoms with Crippen molar-refractivity contribution < 1.29 is 4.79 Å². The number of imidazole rings is 1. The minimum Gasteiger partial charge on any atom is -0.356 e. The Hall–Kier alpha value is -2.48. The molecule has 0 bridgehead atoms. The highest BCUT2D eigenvalue weighted by Crippen LogP contribution is 2.38. The SMILES string of the molecule is CCc1cn(CCN2CCCC2)c(C2CCN(c3ncnc4c3C(C)CC(=O)N4)CC2)n1. The highest BCUT2D eigenvalue weighted by Gasteiger charge is 2.31. The predicted octanol–water partition coefficient (Wildman–Crippen LogP) is 3.16. The molecule has 2 aromatic rings. The van der Waals surface area contributed by atoms with Gasteiger partial charge in [-0.25, -0.2) is 15.0 Å². The van der Waals surface area contributed by atoms with Gasteiger partial charge in [0.2, 0.25) is 5.91 Å². The van der Waals surface area contributed by atoms with Gasteiger partial charge in [-0.1, -0.05) is 13.8 Å². The van der Waals surface area contributed by atoms with Gasteiger partial charge in [0.25, 0.3) is 0 Å². The van der Waals surface area contributed by atoms with Gasteiger partial charge in [-0.05, 0) is 51.1 Å². The molecule has 32 heavy (non-hydrogen) atoms. The fraction of sp³-hybridized carbons (Fsp3) is 0.667. The van der Waals surface area contributed by atoms with Crippen molar-refractivity contribution in [2.75, 3.05) is 42.9 Å². The summed E-state index contributed by atoms with van der Waals surface area (Å²) in [6.45, 7) is 10.8. The number of nitrogens with zero attached hydrogens (tertiary/aromatic N) is 6. The maximum Gasteiger partial charge on any atom is 0.226 e. The van der Waals surface area contributed by atoms with E-state index in [4.69, 9.17) is 4.98 Å². The molecular weight excluding hydrogens is 402 g/mol. The van der Waals surface area contributed by atoms with Gasteiger partial charge in [-0.2, -0.15) is 0 Å². The summed E-state index contributed by atoms with van der Waals surface area (Å²) in [5, 5.41) is 2.92. The van der Waals surface area contributed by atoms with Gasteiger partial charge in [0.1, 0.15) is 23.8 Å². The Morgan fingerprint density at radius 1 is 1.09 bits per heavy atom. The van der Waals surface area contributed by atoms with Gasteiger partial charge >= 0.3 is 0 Å². The maximum atomic E-state index is 11.9. The molecule has 8 heteroatoms. The van der Waals surface area contributed by atoms with Crippen LogP contribution in [0.25, 0.3) is 0 Å². The fourth-order valence-corrected chi connectivity index (χ4v) is 5.52. The first-order valence-electron chi connectivity index (χ1n) is 12.3. The molecule has 1 unspecified atom stereocenters. The first-order chi connectivity index (χ1) is 15.6. The predicted molar refractivity (Wildman–Crippen MR) is 125 cm³/mol. The zero-order valence-corrected chi connectivity index (χ0v) is 19.4. The van der Waals surface area contributed by atoms with Gasteiger partial charge < -0.3 is 19.7 Å². The zero-order valence-electron chi connectivity index (χ0n) is 19.4. The highest BCUT2D eigenvalue weighted by molar-refractivity contribution is 5.94. The maximum absolute atomic E-state index is 11.9. The van der Waals surface area contributed by atoms with Gasteiger partial charge in [-0.3, -0.25) is 4.79 Å². The molecule has 5 heterocycles. The third-order valence-corrected chi connectivity index (χ3v) is 7.34. The molecule has 1 amide bonds. The van der Waals surface area contributed by atoms with Crippen LogP contribution in [-0.2, 0) is 17.8 Å². The smallest absolute Gasteiger partial charge is 0.226 e. The summed E-state index contributed by atoms with van der Waals surface area (Å²) in [5.41, 5.74) is 2.30. The van der Waals surface area contributed by atoms with Gasteiger partial charge in [0.15, 0.2) is 0 Å². The summed E-state index contributed by atoms with van der Waals surface area (Å²) in [4.78, 5) is 30.9. The molecule has 172 valence electrons. The number of likely N-dealkylation sites (tertiary alicyclic amines) is 1. The summed E-state index contributed by atoms with van der Waals surface area (Å²) >= 11 is 0. The minimum atomic E-state index is 0.0425. The molecule has 0 saturated carbocycles. The lowest BCUT2D eigenvalue weighted by atomic mass is 9.92. The number of fused-ring (bicyclic) bond motifs is 1. The molecule has 2 aromatic heterocycles. The normalized spacial score (nSPS) is 22.2. The number of nitrogens with one attached hydrogen (secondary N) is 1. The van der Waals surface area contributed by atoms with E-state index in [2.05, 4.69) is 49.7 Å². The third-order valence-electron chi connectivity index (χ3n) is 7.34. The van der Waals surface area contributed by atoms with Gasteiger partial charge in [0.05, 0.1) is 5.69 Å². The molecule has 3 aliphatic heterocycles. The summed E-state index contributed by atoms with van der Waals surface area (Å²) in [5.74, 6) is 3.62. The number of hydrogen-bond donors (Lipinski definition) is 1. The Balaban J connectivity index is 1.29. The Kier molecular flexibility index (Phi) is 6.13. The quantitative estimate of drug-likeness (QED) is 0.748. The van der Waals surface area contributed by atoms with Crippen LogP contribution >= 0.6 is 0 Å². The number of rotatable bonds is 6. The average molecular weight is 438 g/mol. The lowest BCUT2D eigenvalue weighted by Gasteiger charge is -2.35. The summed E-state index contributed by atoms with van der Waals surface area (Å²) in [6.07, 6.45) is 10.2. The van der Waals surface area contributed by atoms with E-state index in [-0.39, 0.29) is 11.8 Å². The second kappa shape index (κ2) is 9.17. The van der Waals surface area contributed by atoms with E-state index in [0.717, 1.165) is 56.8 Å². The average Bonchev–Trinajstić information content (AvgIpc) is 3.47. The second-order valence-electron chi connectivity index (χ2n) is 9.56. The van der Waals surface area contributed by atoms with Crippen molar-refractivity contribution in [1.82, 2.24) is 24.4 Å². The van der Waals surface area contributed by atoms with Crippen LogP contribution in [0.1, 0.15) is 74.9 Å². The van der Waals surface area contributed by atoms with Gasteiger partial charge in [-0.15, -0.1) is 0 Å². The monoisotopic (exact) mass is 437 g/mol. The fourth-order valence-electron chi connectivity index (χ4n) is 5.52. The molecule has 8 nitrogen and oxygen atoms in total. The van der Waals surface area contributed by atoms with E-state index in [1.807, 2.05) is 0 Å². The van der Waals surface area contributed by atoms with Crippen molar-refractivity contribution in [2.45, 2.75) is 70.8 Å².